The second-order valence-electron chi connectivity index (χ2n) is 4.86. The summed E-state index contributed by atoms with van der Waals surface area (Å²) in [4.78, 5) is 27.7. The molecule has 0 bridgehead atoms. The Morgan fingerprint density at radius 3 is 2.90 bits per heavy atom. The maximum absolute atomic E-state index is 12.2. The van der Waals surface area contributed by atoms with Gasteiger partial charge in [0.15, 0.2) is 0 Å². The molecule has 0 spiro atoms. The molecule has 3 rings (SSSR count). The van der Waals surface area contributed by atoms with Crippen molar-refractivity contribution in [3.8, 4) is 0 Å². The second kappa shape index (κ2) is 4.97. The summed E-state index contributed by atoms with van der Waals surface area (Å²) >= 11 is 0. The Hall–Kier alpha value is -2.77. The predicted molar refractivity (Wildman–Crippen MR) is 74.7 cm³/mol. The normalized spacial score (nSPS) is 12.5. The predicted octanol–water partition coefficient (Wildman–Crippen LogP) is 0.955. The fraction of sp³-hybridized carbons (Fsp3) is 0.308. The smallest absolute Gasteiger partial charge is 0.291 e. The van der Waals surface area contributed by atoms with Gasteiger partial charge < -0.3 is 10.3 Å². The number of nitrogens with one attached hydrogen (secondary N) is 2. The second-order valence-corrected chi connectivity index (χ2v) is 4.86. The van der Waals surface area contributed by atoms with Gasteiger partial charge in [-0.1, -0.05) is 0 Å². The van der Waals surface area contributed by atoms with Gasteiger partial charge in [-0.25, -0.2) is 14.5 Å². The van der Waals surface area contributed by atoms with E-state index >= 15 is 0 Å². The van der Waals surface area contributed by atoms with Crippen LogP contribution in [-0.4, -0.2) is 35.5 Å². The number of fused-ring (bicyclic) bond motifs is 1. The minimum atomic E-state index is -0.360. The lowest BCUT2D eigenvalue weighted by atomic mass is 10.3. The number of nitrogens with zero attached hydrogens (tertiary/aromatic N) is 5. The van der Waals surface area contributed by atoms with Crippen LogP contribution in [0, 0.1) is 13.8 Å². The van der Waals surface area contributed by atoms with E-state index in [0.717, 1.165) is 11.4 Å². The summed E-state index contributed by atoms with van der Waals surface area (Å²) in [6, 6.07) is 1.63. The number of hydrogen-bond donors (Lipinski definition) is 2. The number of carbonyl (C=O) groups excluding carboxylic acids is 1. The molecule has 0 aliphatic rings. The van der Waals surface area contributed by atoms with Crippen LogP contribution in [0.3, 0.4) is 0 Å². The number of H-pyrrole nitrogens is 1. The van der Waals surface area contributed by atoms with E-state index in [-0.39, 0.29) is 17.8 Å². The third-order valence-corrected chi connectivity index (χ3v) is 3.10. The summed E-state index contributed by atoms with van der Waals surface area (Å²) in [5.74, 6) is 0.830. The number of amides is 1. The Labute approximate surface area is 120 Å². The highest BCUT2D eigenvalue weighted by molar-refractivity contribution is 5.91. The van der Waals surface area contributed by atoms with Gasteiger partial charge in [-0.2, -0.15) is 4.98 Å². The van der Waals surface area contributed by atoms with E-state index in [9.17, 15) is 4.79 Å². The first kappa shape index (κ1) is 13.2. The van der Waals surface area contributed by atoms with Crippen molar-refractivity contribution < 1.29 is 4.79 Å². The number of aromatic amines is 1. The number of aryl methyl sites for hydroxylation is 2. The molecule has 21 heavy (non-hydrogen) atoms. The van der Waals surface area contributed by atoms with E-state index in [2.05, 4.69) is 30.4 Å². The van der Waals surface area contributed by atoms with Gasteiger partial charge in [0.1, 0.15) is 5.82 Å². The van der Waals surface area contributed by atoms with Crippen LogP contribution in [0.15, 0.2) is 18.5 Å². The number of imidazole rings is 1. The Bertz CT molecular complexity index is 790. The Balaban J connectivity index is 1.86. The fourth-order valence-corrected chi connectivity index (χ4v) is 2.11. The highest BCUT2D eigenvalue weighted by atomic mass is 16.2. The van der Waals surface area contributed by atoms with Crippen molar-refractivity contribution in [1.29, 1.82) is 0 Å². The Morgan fingerprint density at radius 2 is 2.19 bits per heavy atom. The summed E-state index contributed by atoms with van der Waals surface area (Å²) in [6.07, 6.45) is 3.34. The van der Waals surface area contributed by atoms with E-state index in [4.69, 9.17) is 0 Å². The van der Waals surface area contributed by atoms with E-state index in [1.54, 1.807) is 16.9 Å². The topological polar surface area (TPSA) is 101 Å². The standard InChI is InChI=1S/C13H15N7O/c1-7-6-8(2)20-13(16-7)18-11(19-20)12(21)17-9(3)10-14-4-5-15-10/h4-6,9H,1-3H3,(H,14,15)(H,17,21). The monoisotopic (exact) mass is 285 g/mol. The molecule has 1 atom stereocenters. The summed E-state index contributed by atoms with van der Waals surface area (Å²) in [5.41, 5.74) is 1.71. The van der Waals surface area contributed by atoms with Crippen molar-refractivity contribution in [2.24, 2.45) is 0 Å². The molecule has 108 valence electrons. The Kier molecular flexibility index (Phi) is 3.13. The molecular weight excluding hydrogens is 270 g/mol. The van der Waals surface area contributed by atoms with Crippen molar-refractivity contribution in [3.63, 3.8) is 0 Å². The van der Waals surface area contributed by atoms with Crippen LogP contribution in [0.4, 0.5) is 0 Å². The first-order chi connectivity index (χ1) is 10.0. The molecule has 0 saturated heterocycles. The summed E-state index contributed by atoms with van der Waals surface area (Å²) < 4.78 is 1.56. The number of aromatic nitrogens is 6. The first-order valence-electron chi connectivity index (χ1n) is 6.56. The van der Waals surface area contributed by atoms with Crippen molar-refractivity contribution in [3.05, 3.63) is 41.5 Å². The van der Waals surface area contributed by atoms with Crippen molar-refractivity contribution in [2.75, 3.05) is 0 Å². The third-order valence-electron chi connectivity index (χ3n) is 3.10. The average Bonchev–Trinajstić information content (AvgIpc) is 3.07. The highest BCUT2D eigenvalue weighted by Gasteiger charge is 2.18. The van der Waals surface area contributed by atoms with Crippen LogP contribution in [0.25, 0.3) is 5.78 Å². The molecule has 0 aliphatic heterocycles. The number of hydrogen-bond acceptors (Lipinski definition) is 5. The van der Waals surface area contributed by atoms with E-state index in [1.165, 1.54) is 0 Å². The number of carbonyl (C=O) groups is 1. The quantitative estimate of drug-likeness (QED) is 0.746. The van der Waals surface area contributed by atoms with Gasteiger partial charge in [0.25, 0.3) is 11.7 Å². The van der Waals surface area contributed by atoms with Crippen molar-refractivity contribution >= 4 is 11.7 Å². The zero-order chi connectivity index (χ0) is 15.0. The van der Waals surface area contributed by atoms with E-state index in [0.29, 0.717) is 11.6 Å². The molecule has 2 N–H and O–H groups in total. The fourth-order valence-electron chi connectivity index (χ4n) is 2.11. The zero-order valence-electron chi connectivity index (χ0n) is 12.0. The van der Waals surface area contributed by atoms with Crippen LogP contribution >= 0.6 is 0 Å². The van der Waals surface area contributed by atoms with Gasteiger partial charge in [-0.15, -0.1) is 5.10 Å². The summed E-state index contributed by atoms with van der Waals surface area (Å²) in [7, 11) is 0. The maximum atomic E-state index is 12.2. The minimum Gasteiger partial charge on any atom is -0.347 e. The molecule has 8 heteroatoms. The molecule has 0 aromatic carbocycles. The lowest BCUT2D eigenvalue weighted by Gasteiger charge is -2.09. The molecule has 3 aromatic heterocycles. The third kappa shape index (κ3) is 2.47. The molecule has 1 unspecified atom stereocenters. The van der Waals surface area contributed by atoms with E-state index in [1.807, 2.05) is 26.8 Å². The molecule has 3 aromatic rings. The molecule has 0 saturated carbocycles. The lowest BCUT2D eigenvalue weighted by Crippen LogP contribution is -2.28. The minimum absolute atomic E-state index is 0.0922. The van der Waals surface area contributed by atoms with Gasteiger partial charge in [-0.3, -0.25) is 4.79 Å². The first-order valence-corrected chi connectivity index (χ1v) is 6.56. The molecule has 0 aliphatic carbocycles. The van der Waals surface area contributed by atoms with Crippen LogP contribution in [-0.2, 0) is 0 Å². The van der Waals surface area contributed by atoms with Gasteiger partial charge in [0, 0.05) is 23.8 Å². The molecule has 0 radical (unpaired) electrons. The molecule has 1 amide bonds. The van der Waals surface area contributed by atoms with Crippen molar-refractivity contribution in [1.82, 2.24) is 34.9 Å². The SMILES string of the molecule is Cc1cc(C)n2nc(C(=O)NC(C)c3ncc[nH]3)nc2n1. The average molecular weight is 285 g/mol. The summed E-state index contributed by atoms with van der Waals surface area (Å²) in [6.45, 7) is 5.60. The molecule has 3 heterocycles. The van der Waals surface area contributed by atoms with Crippen LogP contribution in [0.2, 0.25) is 0 Å². The Morgan fingerprint density at radius 1 is 1.38 bits per heavy atom. The maximum Gasteiger partial charge on any atom is 0.291 e. The van der Waals surface area contributed by atoms with Gasteiger partial charge in [0.05, 0.1) is 6.04 Å². The molecule has 0 fully saturated rings. The van der Waals surface area contributed by atoms with E-state index < -0.39 is 0 Å². The van der Waals surface area contributed by atoms with Crippen LogP contribution < -0.4 is 5.32 Å². The van der Waals surface area contributed by atoms with Crippen molar-refractivity contribution in [2.45, 2.75) is 26.8 Å². The van der Waals surface area contributed by atoms with Gasteiger partial charge in [-0.05, 0) is 26.8 Å². The summed E-state index contributed by atoms with van der Waals surface area (Å²) in [5, 5.41) is 6.98. The molecule has 8 nitrogen and oxygen atoms in total. The van der Waals surface area contributed by atoms with Crippen LogP contribution in [0.1, 0.15) is 40.8 Å². The molecular formula is C13H15N7O. The largest absolute Gasteiger partial charge is 0.347 e. The lowest BCUT2D eigenvalue weighted by molar-refractivity contribution is 0.0928. The highest BCUT2D eigenvalue weighted by Crippen LogP contribution is 2.08. The van der Waals surface area contributed by atoms with Crippen LogP contribution in [0.5, 0.6) is 0 Å². The van der Waals surface area contributed by atoms with Gasteiger partial charge in [0.2, 0.25) is 5.82 Å². The number of rotatable bonds is 3. The zero-order valence-corrected chi connectivity index (χ0v) is 12.0. The van der Waals surface area contributed by atoms with Gasteiger partial charge >= 0.3 is 0 Å².